The molecule has 0 amide bonds. The van der Waals surface area contributed by atoms with Crippen LogP contribution in [0.2, 0.25) is 0 Å². The van der Waals surface area contributed by atoms with Crippen molar-refractivity contribution in [2.24, 2.45) is 0 Å². The van der Waals surface area contributed by atoms with Crippen LogP contribution >= 0.6 is 0 Å². The Hall–Kier alpha value is -6.70. The van der Waals surface area contributed by atoms with E-state index in [1.165, 1.54) is 0 Å². The van der Waals surface area contributed by atoms with Crippen LogP contribution in [0.15, 0.2) is 186 Å². The Labute approximate surface area is 315 Å². The van der Waals surface area contributed by atoms with Gasteiger partial charge in [-0.3, -0.25) is 0 Å². The van der Waals surface area contributed by atoms with Crippen LogP contribution in [0, 0.1) is 0 Å². The third kappa shape index (κ3) is 4.16. The molecule has 0 N–H and O–H groups in total. The number of hydrogen-bond donors (Lipinski definition) is 0. The third-order valence-corrected chi connectivity index (χ3v) is 9.79. The predicted octanol–water partition coefficient (Wildman–Crippen LogP) is 14.4. The molecule has 51 heavy (non-hydrogen) atoms. The minimum Gasteiger partial charge on any atom is -0.456 e. The smallest absolute Gasteiger partial charge is 0.136 e. The molecule has 0 spiro atoms. The Balaban J connectivity index is 1.40. The van der Waals surface area contributed by atoms with E-state index in [2.05, 4.69) is 0 Å². The second kappa shape index (κ2) is 10.9. The lowest BCUT2D eigenvalue weighted by molar-refractivity contribution is 0.669. The van der Waals surface area contributed by atoms with E-state index in [0.717, 1.165) is 21.5 Å². The molecule has 0 aliphatic heterocycles. The van der Waals surface area contributed by atoms with Crippen LogP contribution in [0.5, 0.6) is 0 Å². The lowest BCUT2D eigenvalue weighted by Gasteiger charge is -2.21. The van der Waals surface area contributed by atoms with Gasteiger partial charge in [0.1, 0.15) is 11.2 Å². The van der Waals surface area contributed by atoms with Gasteiger partial charge in [-0.05, 0) is 105 Å². The zero-order chi connectivity index (χ0) is 46.5. The van der Waals surface area contributed by atoms with E-state index in [1.54, 1.807) is 6.07 Å². The topological polar surface area (TPSA) is 13.1 Å². The first-order chi connectivity index (χ1) is 31.5. The summed E-state index contributed by atoms with van der Waals surface area (Å²) in [6.45, 7) is 0. The molecule has 11 rings (SSSR count). The lowest BCUT2D eigenvalue weighted by atomic mass is 9.81. The predicted molar refractivity (Wildman–Crippen MR) is 218 cm³/mol. The molecule has 0 aliphatic carbocycles. The summed E-state index contributed by atoms with van der Waals surface area (Å²) in [6.07, 6.45) is 0. The van der Waals surface area contributed by atoms with Crippen LogP contribution in [0.25, 0.3) is 109 Å². The summed E-state index contributed by atoms with van der Waals surface area (Å²) < 4.78 is 143. The monoisotopic (exact) mass is 661 g/mol. The van der Waals surface area contributed by atoms with Crippen molar-refractivity contribution < 1.29 is 25.0 Å². The van der Waals surface area contributed by atoms with Crippen molar-refractivity contribution in [1.82, 2.24) is 0 Å². The van der Waals surface area contributed by atoms with Gasteiger partial charge in [-0.1, -0.05) is 163 Å². The first kappa shape index (κ1) is 17.3. The van der Waals surface area contributed by atoms with Crippen molar-refractivity contribution in [3.05, 3.63) is 182 Å². The summed E-state index contributed by atoms with van der Waals surface area (Å²) in [6, 6.07) is 18.3. The molecule has 10 aromatic carbocycles. The van der Waals surface area contributed by atoms with E-state index in [4.69, 9.17) is 18.1 Å². The highest BCUT2D eigenvalue weighted by Crippen LogP contribution is 2.49. The molecule has 1 aromatic heterocycles. The van der Waals surface area contributed by atoms with E-state index in [-0.39, 0.29) is 32.7 Å². The molecule has 0 saturated carbocycles. The van der Waals surface area contributed by atoms with Gasteiger partial charge in [-0.15, -0.1) is 0 Å². The van der Waals surface area contributed by atoms with Gasteiger partial charge in [-0.25, -0.2) is 0 Å². The van der Waals surface area contributed by atoms with Crippen LogP contribution < -0.4 is 0 Å². The van der Waals surface area contributed by atoms with E-state index >= 15 is 0 Å². The Morgan fingerprint density at radius 1 is 0.353 bits per heavy atom. The van der Waals surface area contributed by atoms with Gasteiger partial charge in [-0.2, -0.15) is 0 Å². The molecule has 0 fully saturated rings. The van der Waals surface area contributed by atoms with Crippen molar-refractivity contribution in [3.8, 4) is 33.4 Å². The normalized spacial score (nSPS) is 16.0. The fourth-order valence-electron chi connectivity index (χ4n) is 7.62. The molecule has 236 valence electrons. The highest BCUT2D eigenvalue weighted by atomic mass is 16.3. The summed E-state index contributed by atoms with van der Waals surface area (Å²) in [5, 5.41) is 3.19. The average Bonchev–Trinajstić information content (AvgIpc) is 3.71. The minimum atomic E-state index is -0.764. The molecular formula is C50H30O. The maximum atomic E-state index is 9.69. The first-order valence-corrected chi connectivity index (χ1v) is 16.4. The first-order valence-electron chi connectivity index (χ1n) is 23.9. The molecule has 11 aromatic rings. The molecule has 1 heterocycles. The number of rotatable bonds is 3. The zero-order valence-electron chi connectivity index (χ0n) is 41.6. The van der Waals surface area contributed by atoms with E-state index in [0.29, 0.717) is 38.6 Å². The van der Waals surface area contributed by atoms with E-state index < -0.39 is 107 Å². The number of fused-ring (bicyclic) bond motifs is 9. The number of benzene rings is 10. The quantitative estimate of drug-likeness (QED) is 0.172. The Morgan fingerprint density at radius 3 is 1.73 bits per heavy atom. The SMILES string of the molecule is [2H]c1c([2H])c([2H])c2c(-c3c4c([2H])c([2H])c([2H])c([2H])c4c(-c4c(-c5ccc6c(c5)oc5ccc7ccccc7c56)ccc5ccccc45)c4c([2H])c([2H])c([2H])c([2H])c34)c([2H])c([2H])c([2H])c2c1[2H]. The van der Waals surface area contributed by atoms with Crippen molar-refractivity contribution >= 4 is 75.8 Å². The molecule has 1 heteroatoms. The Kier molecular flexibility index (Phi) is 3.70. The largest absolute Gasteiger partial charge is 0.456 e. The van der Waals surface area contributed by atoms with Gasteiger partial charge >= 0.3 is 0 Å². The molecular weight excluding hydrogens is 617 g/mol. The maximum Gasteiger partial charge on any atom is 0.136 e. The van der Waals surface area contributed by atoms with Crippen LogP contribution in [0.4, 0.5) is 0 Å². The van der Waals surface area contributed by atoms with Crippen molar-refractivity contribution in [2.75, 3.05) is 0 Å². The second-order valence-electron chi connectivity index (χ2n) is 12.4. The molecule has 1 nitrogen and oxygen atoms in total. The van der Waals surface area contributed by atoms with Crippen molar-refractivity contribution in [1.29, 1.82) is 0 Å². The molecule has 0 saturated heterocycles. The number of furan rings is 1. The molecule has 0 unspecified atom stereocenters. The van der Waals surface area contributed by atoms with Crippen molar-refractivity contribution in [3.63, 3.8) is 0 Å². The fourth-order valence-corrected chi connectivity index (χ4v) is 7.62. The summed E-state index contributed by atoms with van der Waals surface area (Å²) in [5.41, 5.74) is 1.90. The van der Waals surface area contributed by atoms with E-state index in [1.807, 2.05) is 84.9 Å². The lowest BCUT2D eigenvalue weighted by Crippen LogP contribution is -1.94. The highest BCUT2D eigenvalue weighted by molar-refractivity contribution is 6.27. The van der Waals surface area contributed by atoms with Gasteiger partial charge in [0, 0.05) is 10.8 Å². The van der Waals surface area contributed by atoms with Crippen LogP contribution in [0.3, 0.4) is 0 Å². The molecule has 0 aliphatic rings. The van der Waals surface area contributed by atoms with Crippen LogP contribution in [0.1, 0.15) is 20.6 Å². The Bertz CT molecular complexity index is 3970. The summed E-state index contributed by atoms with van der Waals surface area (Å²) in [5.74, 6) is 0. The Morgan fingerprint density at radius 2 is 0.961 bits per heavy atom. The third-order valence-electron chi connectivity index (χ3n) is 9.79. The van der Waals surface area contributed by atoms with Gasteiger partial charge in [0.05, 0.1) is 20.6 Å². The summed E-state index contributed by atoms with van der Waals surface area (Å²) in [7, 11) is 0. The van der Waals surface area contributed by atoms with Gasteiger partial charge in [0.2, 0.25) is 0 Å². The van der Waals surface area contributed by atoms with Gasteiger partial charge < -0.3 is 4.42 Å². The molecule has 0 radical (unpaired) electrons. The summed E-state index contributed by atoms with van der Waals surface area (Å²) >= 11 is 0. The minimum absolute atomic E-state index is 0.0196. The second-order valence-corrected chi connectivity index (χ2v) is 12.4. The average molecular weight is 662 g/mol. The van der Waals surface area contributed by atoms with E-state index in [9.17, 15) is 6.85 Å². The standard InChI is InChI=1S/C50H30O/c1-4-16-35-31(12-1)15-11-23-39(35)47-40-19-7-9-21-42(40)50(43-22-10-8-20-41(43)47)49-37-18-6-3-13-32(37)24-27-38(49)34-25-28-44-46(30-34)51-45-29-26-33-14-2-5-17-36(33)48(44)45/h1-30H/i1D,4D,7D,8D,9D,10D,11D,12D,15D,16D,19D,20D,21D,22D,23D. The van der Waals surface area contributed by atoms with Crippen LogP contribution in [-0.4, -0.2) is 0 Å². The zero-order valence-corrected chi connectivity index (χ0v) is 26.6. The van der Waals surface area contributed by atoms with Crippen LogP contribution in [-0.2, 0) is 0 Å². The summed E-state index contributed by atoms with van der Waals surface area (Å²) in [4.78, 5) is 0. The number of hydrogen-bond acceptors (Lipinski definition) is 1. The molecule has 0 bridgehead atoms. The maximum absolute atomic E-state index is 9.69. The fraction of sp³-hybridized carbons (Fsp3) is 0. The van der Waals surface area contributed by atoms with Crippen molar-refractivity contribution in [2.45, 2.75) is 0 Å². The van der Waals surface area contributed by atoms with Gasteiger partial charge in [0.15, 0.2) is 0 Å². The highest BCUT2D eigenvalue weighted by Gasteiger charge is 2.22. The van der Waals surface area contributed by atoms with Gasteiger partial charge in [0.25, 0.3) is 0 Å². The molecule has 0 atom stereocenters.